The Balaban J connectivity index is 1.48. The van der Waals surface area contributed by atoms with Crippen LogP contribution in [0.3, 0.4) is 0 Å². The van der Waals surface area contributed by atoms with E-state index in [2.05, 4.69) is 32.6 Å². The number of carbonyl (C=O) groups excluding carboxylic acids is 2. The van der Waals surface area contributed by atoms with Crippen molar-refractivity contribution in [3.8, 4) is 0 Å². The fourth-order valence-electron chi connectivity index (χ4n) is 2.74. The van der Waals surface area contributed by atoms with E-state index in [4.69, 9.17) is 0 Å². The predicted molar refractivity (Wildman–Crippen MR) is 98.1 cm³/mol. The van der Waals surface area contributed by atoms with E-state index < -0.39 is 0 Å². The molecule has 124 valence electrons. The third-order valence-corrected chi connectivity index (χ3v) is 4.60. The van der Waals surface area contributed by atoms with Crippen molar-refractivity contribution in [2.24, 2.45) is 0 Å². The molecule has 24 heavy (non-hydrogen) atoms. The largest absolute Gasteiger partial charge is 0.362 e. The summed E-state index contributed by atoms with van der Waals surface area (Å²) in [6, 6.07) is 15.4. The Labute approximate surface area is 149 Å². The lowest BCUT2D eigenvalue weighted by atomic mass is 10.2. The summed E-state index contributed by atoms with van der Waals surface area (Å²) >= 11 is 3.37. The number of nitrogens with one attached hydrogen (secondary N) is 2. The molecule has 0 saturated heterocycles. The molecule has 1 heterocycles. The highest BCUT2D eigenvalue weighted by molar-refractivity contribution is 9.10. The van der Waals surface area contributed by atoms with Crippen LogP contribution in [0.2, 0.25) is 0 Å². The van der Waals surface area contributed by atoms with Crippen LogP contribution in [0.25, 0.3) is 0 Å². The summed E-state index contributed by atoms with van der Waals surface area (Å²) < 4.78 is 0.804. The first-order valence-corrected chi connectivity index (χ1v) is 8.57. The van der Waals surface area contributed by atoms with Crippen LogP contribution in [0, 0.1) is 0 Å². The SMILES string of the molecule is O=C(CN1CCc2ccccc21)NCC(=O)Nc1ccccc1Br. The number of rotatable bonds is 5. The Hall–Kier alpha value is -2.34. The lowest BCUT2D eigenvalue weighted by molar-refractivity contribution is -0.123. The van der Waals surface area contributed by atoms with Gasteiger partial charge in [-0.3, -0.25) is 9.59 Å². The normalized spacial score (nSPS) is 12.6. The first-order valence-electron chi connectivity index (χ1n) is 7.77. The Morgan fingerprint density at radius 2 is 1.79 bits per heavy atom. The zero-order valence-electron chi connectivity index (χ0n) is 13.1. The Bertz CT molecular complexity index is 763. The van der Waals surface area contributed by atoms with Crippen LogP contribution < -0.4 is 15.5 Å². The predicted octanol–water partition coefficient (Wildman–Crippen LogP) is 2.57. The number of nitrogens with zero attached hydrogens (tertiary/aromatic N) is 1. The van der Waals surface area contributed by atoms with Crippen LogP contribution in [-0.2, 0) is 16.0 Å². The van der Waals surface area contributed by atoms with Crippen LogP contribution in [-0.4, -0.2) is 31.4 Å². The number of anilines is 2. The fraction of sp³-hybridized carbons (Fsp3) is 0.222. The highest BCUT2D eigenvalue weighted by Crippen LogP contribution is 2.26. The van der Waals surface area contributed by atoms with Crippen molar-refractivity contribution >= 4 is 39.1 Å². The van der Waals surface area contributed by atoms with E-state index in [0.29, 0.717) is 5.69 Å². The molecule has 0 atom stereocenters. The van der Waals surface area contributed by atoms with E-state index >= 15 is 0 Å². The van der Waals surface area contributed by atoms with Crippen molar-refractivity contribution in [3.05, 3.63) is 58.6 Å². The molecule has 0 aromatic heterocycles. The molecule has 6 heteroatoms. The average molecular weight is 388 g/mol. The highest BCUT2D eigenvalue weighted by Gasteiger charge is 2.20. The Morgan fingerprint density at radius 3 is 2.62 bits per heavy atom. The second-order valence-electron chi connectivity index (χ2n) is 5.61. The lowest BCUT2D eigenvalue weighted by Gasteiger charge is -2.18. The van der Waals surface area contributed by atoms with Gasteiger partial charge < -0.3 is 15.5 Å². The molecule has 2 amide bonds. The maximum atomic E-state index is 12.1. The molecule has 0 saturated carbocycles. The van der Waals surface area contributed by atoms with Gasteiger partial charge in [-0.25, -0.2) is 0 Å². The van der Waals surface area contributed by atoms with E-state index in [1.54, 1.807) is 6.07 Å². The molecule has 0 bridgehead atoms. The van der Waals surface area contributed by atoms with Crippen molar-refractivity contribution in [3.63, 3.8) is 0 Å². The number of fused-ring (bicyclic) bond motifs is 1. The molecule has 2 aromatic rings. The molecule has 0 radical (unpaired) electrons. The van der Waals surface area contributed by atoms with Gasteiger partial charge in [-0.15, -0.1) is 0 Å². The highest BCUT2D eigenvalue weighted by atomic mass is 79.9. The smallest absolute Gasteiger partial charge is 0.243 e. The number of amides is 2. The number of para-hydroxylation sites is 2. The van der Waals surface area contributed by atoms with E-state index in [9.17, 15) is 9.59 Å². The molecule has 2 N–H and O–H groups in total. The minimum Gasteiger partial charge on any atom is -0.362 e. The minimum atomic E-state index is -0.253. The van der Waals surface area contributed by atoms with E-state index in [1.165, 1.54) is 5.56 Å². The van der Waals surface area contributed by atoms with Crippen molar-refractivity contribution in [1.82, 2.24) is 5.32 Å². The lowest BCUT2D eigenvalue weighted by Crippen LogP contribution is -2.40. The summed E-state index contributed by atoms with van der Waals surface area (Å²) in [5.74, 6) is -0.411. The van der Waals surface area contributed by atoms with Gasteiger partial charge >= 0.3 is 0 Å². The number of carbonyl (C=O) groups is 2. The molecule has 0 spiro atoms. The van der Waals surface area contributed by atoms with Crippen molar-refractivity contribution in [1.29, 1.82) is 0 Å². The summed E-state index contributed by atoms with van der Waals surface area (Å²) in [4.78, 5) is 26.1. The first-order chi connectivity index (χ1) is 11.6. The first kappa shape index (κ1) is 16.5. The number of hydrogen-bond donors (Lipinski definition) is 2. The van der Waals surface area contributed by atoms with E-state index in [1.807, 2.05) is 41.3 Å². The second kappa shape index (κ2) is 7.49. The topological polar surface area (TPSA) is 61.4 Å². The molecule has 1 aliphatic heterocycles. The zero-order valence-corrected chi connectivity index (χ0v) is 14.7. The average Bonchev–Trinajstić information content (AvgIpc) is 2.98. The molecule has 0 unspecified atom stereocenters. The van der Waals surface area contributed by atoms with E-state index in [0.717, 1.165) is 23.1 Å². The van der Waals surface area contributed by atoms with Gasteiger partial charge in [-0.05, 0) is 46.1 Å². The standard InChI is InChI=1S/C18H18BrN3O2/c19-14-6-2-3-7-15(14)21-17(23)11-20-18(24)12-22-10-9-13-5-1-4-8-16(13)22/h1-8H,9-12H2,(H,20,24)(H,21,23). The van der Waals surface area contributed by atoms with Crippen molar-refractivity contribution < 1.29 is 9.59 Å². The summed E-state index contributed by atoms with van der Waals surface area (Å²) in [7, 11) is 0. The van der Waals surface area contributed by atoms with E-state index in [-0.39, 0.29) is 24.9 Å². The van der Waals surface area contributed by atoms with Gasteiger partial charge in [0, 0.05) is 16.7 Å². The summed E-state index contributed by atoms with van der Waals surface area (Å²) in [5, 5.41) is 5.43. The summed E-state index contributed by atoms with van der Waals surface area (Å²) in [5.41, 5.74) is 3.05. The summed E-state index contributed by atoms with van der Waals surface area (Å²) in [6.07, 6.45) is 0.950. The van der Waals surface area contributed by atoms with Gasteiger partial charge in [0.1, 0.15) is 0 Å². The minimum absolute atomic E-state index is 0.0460. The van der Waals surface area contributed by atoms with Gasteiger partial charge in [-0.2, -0.15) is 0 Å². The van der Waals surface area contributed by atoms with Gasteiger partial charge in [0.25, 0.3) is 0 Å². The van der Waals surface area contributed by atoms with Gasteiger partial charge in [0.05, 0.1) is 18.8 Å². The van der Waals surface area contributed by atoms with Gasteiger partial charge in [-0.1, -0.05) is 30.3 Å². The third kappa shape index (κ3) is 3.94. The molecule has 0 aliphatic carbocycles. The quantitative estimate of drug-likeness (QED) is 0.828. The van der Waals surface area contributed by atoms with Crippen LogP contribution in [0.15, 0.2) is 53.0 Å². The molecule has 0 fully saturated rings. The fourth-order valence-corrected chi connectivity index (χ4v) is 3.12. The Kier molecular flexibility index (Phi) is 5.15. The van der Waals surface area contributed by atoms with Crippen LogP contribution >= 0.6 is 15.9 Å². The second-order valence-corrected chi connectivity index (χ2v) is 6.46. The van der Waals surface area contributed by atoms with Crippen LogP contribution in [0.5, 0.6) is 0 Å². The zero-order chi connectivity index (χ0) is 16.9. The third-order valence-electron chi connectivity index (χ3n) is 3.91. The summed E-state index contributed by atoms with van der Waals surface area (Å²) in [6.45, 7) is 1.05. The number of hydrogen-bond acceptors (Lipinski definition) is 3. The van der Waals surface area contributed by atoms with Crippen molar-refractivity contribution in [2.45, 2.75) is 6.42 Å². The number of benzene rings is 2. The Morgan fingerprint density at radius 1 is 1.04 bits per heavy atom. The molecular weight excluding hydrogens is 370 g/mol. The molecule has 1 aliphatic rings. The van der Waals surface area contributed by atoms with Gasteiger partial charge in [0.15, 0.2) is 0 Å². The maximum absolute atomic E-state index is 12.1. The van der Waals surface area contributed by atoms with Crippen LogP contribution in [0.1, 0.15) is 5.56 Å². The number of halogens is 1. The van der Waals surface area contributed by atoms with Crippen molar-refractivity contribution in [2.75, 3.05) is 29.9 Å². The molecular formula is C18H18BrN3O2. The maximum Gasteiger partial charge on any atom is 0.243 e. The molecule has 2 aromatic carbocycles. The molecule has 5 nitrogen and oxygen atoms in total. The molecule has 3 rings (SSSR count). The van der Waals surface area contributed by atoms with Gasteiger partial charge in [0.2, 0.25) is 11.8 Å². The van der Waals surface area contributed by atoms with Crippen LogP contribution in [0.4, 0.5) is 11.4 Å². The monoisotopic (exact) mass is 387 g/mol.